The summed E-state index contributed by atoms with van der Waals surface area (Å²) < 4.78 is 6.44. The summed E-state index contributed by atoms with van der Waals surface area (Å²) in [6.45, 7) is 2.49. The summed E-state index contributed by atoms with van der Waals surface area (Å²) in [5, 5.41) is 14.3. The molecule has 3 rings (SSSR count). The van der Waals surface area contributed by atoms with Gasteiger partial charge in [0.05, 0.1) is 21.5 Å². The quantitative estimate of drug-likeness (QED) is 0.672. The van der Waals surface area contributed by atoms with Crippen LogP contribution in [-0.2, 0) is 4.74 Å². The van der Waals surface area contributed by atoms with Crippen LogP contribution in [0.25, 0.3) is 0 Å². The lowest BCUT2D eigenvalue weighted by Gasteiger charge is -2.21. The fourth-order valence-electron chi connectivity index (χ4n) is 2.68. The summed E-state index contributed by atoms with van der Waals surface area (Å²) >= 11 is 3.41. The van der Waals surface area contributed by atoms with E-state index in [4.69, 9.17) is 4.74 Å². The van der Waals surface area contributed by atoms with Crippen molar-refractivity contribution in [2.75, 3.05) is 11.9 Å². The second kappa shape index (κ2) is 5.29. The molecule has 0 amide bonds. The number of nitrogens with zero attached hydrogens (tertiary/aromatic N) is 2. The molecular formula is C13H16BrN3O3. The molecule has 2 aliphatic rings. The van der Waals surface area contributed by atoms with Crippen LogP contribution in [0.5, 0.6) is 0 Å². The van der Waals surface area contributed by atoms with Gasteiger partial charge in [-0.2, -0.15) is 0 Å². The van der Waals surface area contributed by atoms with E-state index in [9.17, 15) is 10.1 Å². The number of ether oxygens (including phenoxy) is 1. The van der Waals surface area contributed by atoms with Crippen LogP contribution >= 0.6 is 15.9 Å². The van der Waals surface area contributed by atoms with Gasteiger partial charge in [0.15, 0.2) is 0 Å². The SMILES string of the molecule is Cc1c([N+](=O)[O-])cnc(NC2CCOC2C2CC2)c1Br. The summed E-state index contributed by atoms with van der Waals surface area (Å²) in [7, 11) is 0. The average Bonchev–Trinajstić information content (AvgIpc) is 3.15. The highest BCUT2D eigenvalue weighted by Gasteiger charge is 2.41. The predicted octanol–water partition coefficient (Wildman–Crippen LogP) is 3.04. The number of halogens is 1. The second-order valence-corrected chi connectivity index (χ2v) is 6.19. The van der Waals surface area contributed by atoms with E-state index in [2.05, 4.69) is 26.2 Å². The molecule has 1 saturated carbocycles. The zero-order chi connectivity index (χ0) is 14.3. The largest absolute Gasteiger partial charge is 0.376 e. The predicted molar refractivity (Wildman–Crippen MR) is 77.8 cm³/mol. The molecule has 2 unspecified atom stereocenters. The molecule has 1 aliphatic heterocycles. The summed E-state index contributed by atoms with van der Waals surface area (Å²) in [5.74, 6) is 1.32. The van der Waals surface area contributed by atoms with Crippen molar-refractivity contribution in [2.24, 2.45) is 5.92 Å². The highest BCUT2D eigenvalue weighted by Crippen LogP contribution is 2.40. The number of nitrogens with one attached hydrogen (secondary N) is 1. The standard InChI is InChI=1S/C13H16BrN3O3/c1-7-10(17(18)19)6-15-13(11(7)14)16-9-4-5-20-12(9)8-2-3-8/h6,8-9,12H,2-5H2,1H3,(H,15,16). The maximum absolute atomic E-state index is 10.9. The van der Waals surface area contributed by atoms with Crippen molar-refractivity contribution in [1.29, 1.82) is 0 Å². The van der Waals surface area contributed by atoms with E-state index >= 15 is 0 Å². The Labute approximate surface area is 125 Å². The number of anilines is 1. The van der Waals surface area contributed by atoms with E-state index in [-0.39, 0.29) is 17.8 Å². The van der Waals surface area contributed by atoms with Crippen LogP contribution in [0.3, 0.4) is 0 Å². The number of rotatable bonds is 4. The molecule has 0 bridgehead atoms. The van der Waals surface area contributed by atoms with Crippen molar-refractivity contribution < 1.29 is 9.66 Å². The van der Waals surface area contributed by atoms with Gasteiger partial charge in [-0.05, 0) is 48.0 Å². The molecule has 2 heterocycles. The number of aromatic nitrogens is 1. The molecule has 2 fully saturated rings. The van der Waals surface area contributed by atoms with Gasteiger partial charge in [-0.1, -0.05) is 0 Å². The van der Waals surface area contributed by atoms with E-state index in [1.807, 2.05) is 0 Å². The van der Waals surface area contributed by atoms with Gasteiger partial charge in [-0.3, -0.25) is 10.1 Å². The lowest BCUT2D eigenvalue weighted by molar-refractivity contribution is -0.385. The lowest BCUT2D eigenvalue weighted by atomic mass is 10.1. The maximum Gasteiger partial charge on any atom is 0.291 e. The smallest absolute Gasteiger partial charge is 0.291 e. The fourth-order valence-corrected chi connectivity index (χ4v) is 3.10. The van der Waals surface area contributed by atoms with E-state index < -0.39 is 4.92 Å². The zero-order valence-electron chi connectivity index (χ0n) is 11.1. The Hall–Kier alpha value is -1.21. The summed E-state index contributed by atoms with van der Waals surface area (Å²) in [4.78, 5) is 14.7. The third kappa shape index (κ3) is 2.52. The van der Waals surface area contributed by atoms with Crippen LogP contribution in [0.15, 0.2) is 10.7 Å². The Morgan fingerprint density at radius 1 is 1.50 bits per heavy atom. The van der Waals surface area contributed by atoms with Gasteiger partial charge in [0.2, 0.25) is 0 Å². The van der Waals surface area contributed by atoms with Gasteiger partial charge in [0.25, 0.3) is 5.69 Å². The molecule has 0 spiro atoms. The molecule has 1 aromatic heterocycles. The molecule has 7 heteroatoms. The van der Waals surface area contributed by atoms with Crippen molar-refractivity contribution in [3.63, 3.8) is 0 Å². The molecule has 0 aromatic carbocycles. The highest BCUT2D eigenvalue weighted by molar-refractivity contribution is 9.10. The Bertz CT molecular complexity index is 548. The first kappa shape index (κ1) is 13.8. The third-order valence-electron chi connectivity index (χ3n) is 3.98. The monoisotopic (exact) mass is 341 g/mol. The molecule has 1 N–H and O–H groups in total. The normalized spacial score (nSPS) is 25.7. The van der Waals surface area contributed by atoms with Crippen LogP contribution in [0.1, 0.15) is 24.8 Å². The minimum Gasteiger partial charge on any atom is -0.376 e. The Morgan fingerprint density at radius 2 is 2.25 bits per heavy atom. The van der Waals surface area contributed by atoms with Crippen LogP contribution in [-0.4, -0.2) is 28.7 Å². The third-order valence-corrected chi connectivity index (χ3v) is 4.95. The first-order chi connectivity index (χ1) is 9.58. The van der Waals surface area contributed by atoms with Gasteiger partial charge in [-0.15, -0.1) is 0 Å². The topological polar surface area (TPSA) is 77.3 Å². The fraction of sp³-hybridized carbons (Fsp3) is 0.615. The Kier molecular flexibility index (Phi) is 3.64. The number of hydrogen-bond donors (Lipinski definition) is 1. The van der Waals surface area contributed by atoms with Crippen LogP contribution < -0.4 is 5.32 Å². The average molecular weight is 342 g/mol. The first-order valence-electron chi connectivity index (χ1n) is 6.75. The molecule has 108 valence electrons. The van der Waals surface area contributed by atoms with Crippen molar-refractivity contribution in [3.8, 4) is 0 Å². The van der Waals surface area contributed by atoms with Gasteiger partial charge in [0, 0.05) is 12.2 Å². The van der Waals surface area contributed by atoms with Crippen LogP contribution in [0, 0.1) is 23.0 Å². The molecule has 20 heavy (non-hydrogen) atoms. The van der Waals surface area contributed by atoms with Crippen molar-refractivity contribution in [1.82, 2.24) is 4.98 Å². The van der Waals surface area contributed by atoms with Gasteiger partial charge in [0.1, 0.15) is 12.0 Å². The summed E-state index contributed by atoms with van der Waals surface area (Å²) in [6.07, 6.45) is 4.97. The minimum absolute atomic E-state index is 0.0313. The molecule has 1 saturated heterocycles. The van der Waals surface area contributed by atoms with Crippen molar-refractivity contribution in [2.45, 2.75) is 38.3 Å². The van der Waals surface area contributed by atoms with Crippen molar-refractivity contribution >= 4 is 27.4 Å². The molecule has 2 atom stereocenters. The minimum atomic E-state index is -0.414. The molecule has 6 nitrogen and oxygen atoms in total. The van der Waals surface area contributed by atoms with Gasteiger partial charge in [-0.25, -0.2) is 4.98 Å². The Morgan fingerprint density at radius 3 is 2.90 bits per heavy atom. The van der Waals surface area contributed by atoms with E-state index in [1.165, 1.54) is 19.0 Å². The first-order valence-corrected chi connectivity index (χ1v) is 7.55. The van der Waals surface area contributed by atoms with Gasteiger partial charge >= 0.3 is 0 Å². The highest BCUT2D eigenvalue weighted by atomic mass is 79.9. The molecular weight excluding hydrogens is 326 g/mol. The van der Waals surface area contributed by atoms with Crippen LogP contribution in [0.4, 0.5) is 11.5 Å². The van der Waals surface area contributed by atoms with Crippen molar-refractivity contribution in [3.05, 3.63) is 26.3 Å². The van der Waals surface area contributed by atoms with Crippen LogP contribution in [0.2, 0.25) is 0 Å². The number of pyridine rings is 1. The maximum atomic E-state index is 10.9. The van der Waals surface area contributed by atoms with E-state index in [0.717, 1.165) is 13.0 Å². The molecule has 1 aromatic rings. The molecule has 1 aliphatic carbocycles. The molecule has 0 radical (unpaired) electrons. The zero-order valence-corrected chi connectivity index (χ0v) is 12.7. The van der Waals surface area contributed by atoms with Gasteiger partial charge < -0.3 is 10.1 Å². The number of nitro groups is 1. The lowest BCUT2D eigenvalue weighted by Crippen LogP contribution is -2.31. The Balaban J connectivity index is 1.80. The summed E-state index contributed by atoms with van der Waals surface area (Å²) in [5.41, 5.74) is 0.623. The number of hydrogen-bond acceptors (Lipinski definition) is 5. The summed E-state index contributed by atoms with van der Waals surface area (Å²) in [6, 6.07) is 0.243. The second-order valence-electron chi connectivity index (χ2n) is 5.40. The van der Waals surface area contributed by atoms with E-state index in [1.54, 1.807) is 6.92 Å². The van der Waals surface area contributed by atoms with E-state index in [0.29, 0.717) is 21.8 Å².